The fourth-order valence-electron chi connectivity index (χ4n) is 1.10. The molecule has 0 aromatic carbocycles. The maximum atomic E-state index is 11.5. The molecule has 102 valence electrons. The Balaban J connectivity index is 4.72. The third-order valence-electron chi connectivity index (χ3n) is 2.61. The van der Waals surface area contributed by atoms with E-state index < -0.39 is 41.4 Å². The average Bonchev–Trinajstić information content (AvgIpc) is 2.23. The lowest BCUT2D eigenvalue weighted by molar-refractivity contribution is -0.160. The lowest BCUT2D eigenvalue weighted by atomic mass is 9.97. The number of esters is 1. The molecule has 0 saturated carbocycles. The van der Waals surface area contributed by atoms with Gasteiger partial charge in [0.2, 0.25) is 0 Å². The number of carbonyl (C=O) groups excluding carboxylic acids is 1. The number of hydrogen-bond donors (Lipinski definition) is 2. The van der Waals surface area contributed by atoms with Crippen molar-refractivity contribution < 1.29 is 29.3 Å². The van der Waals surface area contributed by atoms with Crippen LogP contribution in [-0.2, 0) is 19.1 Å². The first-order chi connectivity index (χ1) is 8.10. The number of carbonyl (C=O) groups is 3. The van der Waals surface area contributed by atoms with Crippen molar-refractivity contribution in [2.75, 3.05) is 0 Å². The lowest BCUT2D eigenvalue weighted by Crippen LogP contribution is -2.30. The second kappa shape index (κ2) is 6.18. The average molecular weight is 258 g/mol. The number of carboxylic acid groups (broad SMARTS) is 2. The summed E-state index contributed by atoms with van der Waals surface area (Å²) in [7, 11) is 0. The van der Waals surface area contributed by atoms with E-state index in [2.05, 4.69) is 6.58 Å². The molecule has 18 heavy (non-hydrogen) atoms. The molecular weight excluding hydrogens is 240 g/mol. The van der Waals surface area contributed by atoms with Gasteiger partial charge in [0.25, 0.3) is 0 Å². The van der Waals surface area contributed by atoms with Crippen LogP contribution in [0.2, 0.25) is 0 Å². The Labute approximate surface area is 105 Å². The topological polar surface area (TPSA) is 101 Å². The second-order valence-electron chi connectivity index (χ2n) is 4.51. The zero-order valence-corrected chi connectivity index (χ0v) is 10.7. The summed E-state index contributed by atoms with van der Waals surface area (Å²) >= 11 is 0. The minimum atomic E-state index is -1.47. The van der Waals surface area contributed by atoms with Gasteiger partial charge in [-0.2, -0.15) is 0 Å². The van der Waals surface area contributed by atoms with Crippen LogP contribution in [0, 0.1) is 5.92 Å². The van der Waals surface area contributed by atoms with Crippen molar-refractivity contribution in [2.45, 2.75) is 39.2 Å². The first kappa shape index (κ1) is 16.1. The largest absolute Gasteiger partial charge is 0.481 e. The molecule has 1 atom stereocenters. The van der Waals surface area contributed by atoms with E-state index in [-0.39, 0.29) is 0 Å². The normalized spacial score (nSPS) is 12.6. The standard InChI is InChI=1S/C12H18O6/c1-5-12(3,4)18-9(13)6-8(11(16)17)7(2)10(14)15/h8H,2,5-6H2,1,3-4H3,(H,14,15)(H,16,17). The monoisotopic (exact) mass is 258 g/mol. The molecule has 6 heteroatoms. The quantitative estimate of drug-likeness (QED) is 0.529. The van der Waals surface area contributed by atoms with E-state index in [1.54, 1.807) is 13.8 Å². The Hall–Kier alpha value is -1.85. The molecule has 0 aliphatic rings. The molecule has 0 rings (SSSR count). The minimum Gasteiger partial charge on any atom is -0.481 e. The molecule has 0 saturated heterocycles. The van der Waals surface area contributed by atoms with E-state index in [4.69, 9.17) is 14.9 Å². The van der Waals surface area contributed by atoms with Gasteiger partial charge in [0.15, 0.2) is 0 Å². The maximum absolute atomic E-state index is 11.5. The smallest absolute Gasteiger partial charge is 0.331 e. The summed E-state index contributed by atoms with van der Waals surface area (Å²) in [5.41, 5.74) is -1.24. The predicted molar refractivity (Wildman–Crippen MR) is 63.0 cm³/mol. The van der Waals surface area contributed by atoms with E-state index in [1.807, 2.05) is 6.92 Å². The van der Waals surface area contributed by atoms with Crippen LogP contribution in [0.15, 0.2) is 12.2 Å². The van der Waals surface area contributed by atoms with Gasteiger partial charge in [-0.25, -0.2) is 4.79 Å². The van der Waals surface area contributed by atoms with Crippen LogP contribution >= 0.6 is 0 Å². The Kier molecular flexibility index (Phi) is 5.55. The summed E-state index contributed by atoms with van der Waals surface area (Å²) in [6.45, 7) is 8.35. The number of rotatable bonds is 7. The van der Waals surface area contributed by atoms with Crippen molar-refractivity contribution >= 4 is 17.9 Å². The summed E-state index contributed by atoms with van der Waals surface area (Å²) in [6, 6.07) is 0. The van der Waals surface area contributed by atoms with Crippen molar-refractivity contribution in [1.82, 2.24) is 0 Å². The van der Waals surface area contributed by atoms with Crippen molar-refractivity contribution in [1.29, 1.82) is 0 Å². The lowest BCUT2D eigenvalue weighted by Gasteiger charge is -2.24. The van der Waals surface area contributed by atoms with Gasteiger partial charge in [0, 0.05) is 5.57 Å². The fourth-order valence-corrected chi connectivity index (χ4v) is 1.10. The van der Waals surface area contributed by atoms with Crippen molar-refractivity contribution in [3.05, 3.63) is 12.2 Å². The van der Waals surface area contributed by atoms with Gasteiger partial charge in [-0.05, 0) is 20.3 Å². The predicted octanol–water partition coefficient (Wildman–Crippen LogP) is 1.45. The van der Waals surface area contributed by atoms with Crippen LogP contribution in [0.3, 0.4) is 0 Å². The molecular formula is C12H18O6. The Morgan fingerprint density at radius 2 is 1.78 bits per heavy atom. The molecule has 2 N–H and O–H groups in total. The molecule has 0 aliphatic carbocycles. The van der Waals surface area contributed by atoms with Crippen molar-refractivity contribution in [3.8, 4) is 0 Å². The van der Waals surface area contributed by atoms with Gasteiger partial charge in [0.1, 0.15) is 5.60 Å². The van der Waals surface area contributed by atoms with Crippen molar-refractivity contribution in [3.63, 3.8) is 0 Å². The molecule has 0 radical (unpaired) electrons. The maximum Gasteiger partial charge on any atom is 0.331 e. The fraction of sp³-hybridized carbons (Fsp3) is 0.583. The van der Waals surface area contributed by atoms with Crippen LogP contribution in [-0.4, -0.2) is 33.7 Å². The van der Waals surface area contributed by atoms with E-state index in [0.717, 1.165) is 0 Å². The van der Waals surface area contributed by atoms with Crippen LogP contribution in [0.25, 0.3) is 0 Å². The minimum absolute atomic E-state index is 0.534. The van der Waals surface area contributed by atoms with Crippen LogP contribution < -0.4 is 0 Å². The van der Waals surface area contributed by atoms with E-state index in [9.17, 15) is 14.4 Å². The van der Waals surface area contributed by atoms with Crippen LogP contribution in [0.1, 0.15) is 33.6 Å². The van der Waals surface area contributed by atoms with Gasteiger partial charge in [-0.1, -0.05) is 13.5 Å². The van der Waals surface area contributed by atoms with Gasteiger partial charge < -0.3 is 14.9 Å². The first-order valence-corrected chi connectivity index (χ1v) is 5.47. The molecule has 0 fully saturated rings. The van der Waals surface area contributed by atoms with Crippen LogP contribution in [0.4, 0.5) is 0 Å². The first-order valence-electron chi connectivity index (χ1n) is 5.47. The number of aliphatic carboxylic acids is 2. The molecule has 0 heterocycles. The van der Waals surface area contributed by atoms with Crippen LogP contribution in [0.5, 0.6) is 0 Å². The van der Waals surface area contributed by atoms with Gasteiger partial charge in [0.05, 0.1) is 12.3 Å². The number of ether oxygens (including phenoxy) is 1. The second-order valence-corrected chi connectivity index (χ2v) is 4.51. The Morgan fingerprint density at radius 3 is 2.11 bits per heavy atom. The number of hydrogen-bond acceptors (Lipinski definition) is 4. The molecule has 0 aliphatic heterocycles. The molecule has 0 aromatic rings. The van der Waals surface area contributed by atoms with E-state index in [0.29, 0.717) is 6.42 Å². The van der Waals surface area contributed by atoms with E-state index >= 15 is 0 Å². The third-order valence-corrected chi connectivity index (χ3v) is 2.61. The van der Waals surface area contributed by atoms with Gasteiger partial charge >= 0.3 is 17.9 Å². The third kappa shape index (κ3) is 4.99. The summed E-state index contributed by atoms with van der Waals surface area (Å²) in [4.78, 5) is 33.1. The Morgan fingerprint density at radius 1 is 1.28 bits per heavy atom. The summed E-state index contributed by atoms with van der Waals surface area (Å²) in [5.74, 6) is -5.07. The highest BCUT2D eigenvalue weighted by Gasteiger charge is 2.31. The zero-order valence-electron chi connectivity index (χ0n) is 10.7. The molecule has 6 nitrogen and oxygen atoms in total. The summed E-state index contributed by atoms with van der Waals surface area (Å²) in [6.07, 6.45) is 0.0280. The Bertz CT molecular complexity index is 369. The van der Waals surface area contributed by atoms with E-state index in [1.165, 1.54) is 0 Å². The molecule has 0 spiro atoms. The van der Waals surface area contributed by atoms with Gasteiger partial charge in [-0.3, -0.25) is 9.59 Å². The van der Waals surface area contributed by atoms with Gasteiger partial charge in [-0.15, -0.1) is 0 Å². The SMILES string of the molecule is C=C(C(=O)O)C(CC(=O)OC(C)(C)CC)C(=O)O. The highest BCUT2D eigenvalue weighted by molar-refractivity contribution is 5.95. The highest BCUT2D eigenvalue weighted by atomic mass is 16.6. The van der Waals surface area contributed by atoms with Crippen molar-refractivity contribution in [2.24, 2.45) is 5.92 Å². The molecule has 0 amide bonds. The molecule has 0 aromatic heterocycles. The molecule has 0 bridgehead atoms. The molecule has 1 unspecified atom stereocenters. The summed E-state index contributed by atoms with van der Waals surface area (Å²) in [5, 5.41) is 17.5. The zero-order chi connectivity index (χ0) is 14.5. The summed E-state index contributed by atoms with van der Waals surface area (Å²) < 4.78 is 5.06. The number of carboxylic acids is 2. The highest BCUT2D eigenvalue weighted by Crippen LogP contribution is 2.19.